The molecule has 1 aromatic heterocycles. The number of nitrogens with zero attached hydrogens (tertiary/aromatic N) is 1. The zero-order valence-electron chi connectivity index (χ0n) is 10.2. The van der Waals surface area contributed by atoms with Gasteiger partial charge in [0.25, 0.3) is 0 Å². The fourth-order valence-corrected chi connectivity index (χ4v) is 1.77. The van der Waals surface area contributed by atoms with Crippen molar-refractivity contribution in [1.29, 1.82) is 0 Å². The van der Waals surface area contributed by atoms with Gasteiger partial charge in [0.1, 0.15) is 5.69 Å². The smallest absolute Gasteiger partial charge is 0.360 e. The Balaban J connectivity index is 2.77. The summed E-state index contributed by atoms with van der Waals surface area (Å²) < 4.78 is 4.93. The van der Waals surface area contributed by atoms with E-state index in [1.54, 1.807) is 13.0 Å². The molecule has 1 amide bonds. The van der Waals surface area contributed by atoms with E-state index in [4.69, 9.17) is 4.42 Å². The Kier molecular flexibility index (Phi) is 3.04. The van der Waals surface area contributed by atoms with Gasteiger partial charge >= 0.3 is 11.3 Å². The summed E-state index contributed by atoms with van der Waals surface area (Å²) in [6.07, 6.45) is 0. The summed E-state index contributed by atoms with van der Waals surface area (Å²) >= 11 is 0. The van der Waals surface area contributed by atoms with Gasteiger partial charge < -0.3 is 9.73 Å². The molecule has 0 saturated carbocycles. The van der Waals surface area contributed by atoms with Crippen LogP contribution in [0.4, 0.5) is 11.4 Å². The number of aryl methyl sites for hydroxylation is 1. The summed E-state index contributed by atoms with van der Waals surface area (Å²) in [7, 11) is 0. The molecule has 0 saturated heterocycles. The molecular formula is C12H10N2O5. The third-order valence-electron chi connectivity index (χ3n) is 2.46. The highest BCUT2D eigenvalue weighted by atomic mass is 16.6. The SMILES string of the molecule is CC(=O)Nc1cc2cc(C)cc([N+](=O)[O-])c2oc1=O. The molecule has 0 aliphatic rings. The Morgan fingerprint density at radius 2 is 2.05 bits per heavy atom. The first kappa shape index (κ1) is 12.7. The molecule has 0 atom stereocenters. The Morgan fingerprint density at radius 1 is 1.37 bits per heavy atom. The van der Waals surface area contributed by atoms with Crippen molar-refractivity contribution in [3.8, 4) is 0 Å². The van der Waals surface area contributed by atoms with Crippen molar-refractivity contribution in [3.05, 3.63) is 44.3 Å². The van der Waals surface area contributed by atoms with Crippen LogP contribution in [0, 0.1) is 17.0 Å². The molecule has 1 heterocycles. The van der Waals surface area contributed by atoms with Crippen LogP contribution in [0.3, 0.4) is 0 Å². The molecular weight excluding hydrogens is 252 g/mol. The van der Waals surface area contributed by atoms with Crippen molar-refractivity contribution in [2.75, 3.05) is 5.32 Å². The van der Waals surface area contributed by atoms with Crippen molar-refractivity contribution < 1.29 is 14.1 Å². The predicted molar refractivity (Wildman–Crippen MR) is 68.2 cm³/mol. The van der Waals surface area contributed by atoms with Crippen LogP contribution in [-0.4, -0.2) is 10.8 Å². The Bertz CT molecular complexity index is 748. The monoisotopic (exact) mass is 262 g/mol. The largest absolute Gasteiger partial charge is 0.414 e. The van der Waals surface area contributed by atoms with E-state index in [0.29, 0.717) is 10.9 Å². The number of rotatable bonds is 2. The summed E-state index contributed by atoms with van der Waals surface area (Å²) in [5.74, 6) is -0.422. The second-order valence-corrected chi connectivity index (χ2v) is 4.09. The Morgan fingerprint density at radius 3 is 2.63 bits per heavy atom. The number of nitrogens with one attached hydrogen (secondary N) is 1. The minimum atomic E-state index is -0.824. The molecule has 2 aromatic rings. The highest BCUT2D eigenvalue weighted by molar-refractivity contribution is 5.93. The fourth-order valence-electron chi connectivity index (χ4n) is 1.77. The zero-order valence-corrected chi connectivity index (χ0v) is 10.2. The van der Waals surface area contributed by atoms with Crippen LogP contribution in [0.5, 0.6) is 0 Å². The number of anilines is 1. The minimum Gasteiger partial charge on any atom is -0.414 e. The zero-order chi connectivity index (χ0) is 14.2. The third kappa shape index (κ3) is 2.44. The van der Waals surface area contributed by atoms with E-state index in [1.165, 1.54) is 19.1 Å². The number of nitro groups is 1. The maximum absolute atomic E-state index is 11.6. The van der Waals surface area contributed by atoms with Crippen LogP contribution in [0.2, 0.25) is 0 Å². The van der Waals surface area contributed by atoms with Gasteiger partial charge in [-0.3, -0.25) is 14.9 Å². The van der Waals surface area contributed by atoms with E-state index in [2.05, 4.69) is 5.32 Å². The number of carbonyl (C=O) groups excluding carboxylic acids is 1. The maximum Gasteiger partial charge on any atom is 0.360 e. The average Bonchev–Trinajstić information content (AvgIpc) is 2.29. The number of non-ortho nitro benzene ring substituents is 1. The van der Waals surface area contributed by atoms with Gasteiger partial charge in [0.15, 0.2) is 0 Å². The predicted octanol–water partition coefficient (Wildman–Crippen LogP) is 1.97. The lowest BCUT2D eigenvalue weighted by Gasteiger charge is -2.04. The van der Waals surface area contributed by atoms with Crippen LogP contribution in [0.1, 0.15) is 12.5 Å². The topological polar surface area (TPSA) is 102 Å². The van der Waals surface area contributed by atoms with E-state index in [9.17, 15) is 19.7 Å². The molecule has 0 radical (unpaired) electrons. The molecule has 0 aliphatic carbocycles. The van der Waals surface area contributed by atoms with Crippen LogP contribution >= 0.6 is 0 Å². The van der Waals surface area contributed by atoms with Crippen molar-refractivity contribution in [1.82, 2.24) is 0 Å². The Hall–Kier alpha value is -2.70. The van der Waals surface area contributed by atoms with Crippen LogP contribution in [0.25, 0.3) is 11.0 Å². The van der Waals surface area contributed by atoms with E-state index in [-0.39, 0.29) is 17.0 Å². The number of nitro benzene ring substituents is 1. The molecule has 1 aromatic carbocycles. The van der Waals surface area contributed by atoms with Crippen molar-refractivity contribution in [2.45, 2.75) is 13.8 Å². The quantitative estimate of drug-likeness (QED) is 0.506. The number of fused-ring (bicyclic) bond motifs is 1. The summed E-state index contributed by atoms with van der Waals surface area (Å²) in [5.41, 5.74) is -0.590. The molecule has 98 valence electrons. The summed E-state index contributed by atoms with van der Waals surface area (Å²) in [6.45, 7) is 2.94. The van der Waals surface area contributed by atoms with Gasteiger partial charge in [0.05, 0.1) is 4.92 Å². The highest BCUT2D eigenvalue weighted by Crippen LogP contribution is 2.27. The Labute approximate surface area is 107 Å². The third-order valence-corrected chi connectivity index (χ3v) is 2.46. The highest BCUT2D eigenvalue weighted by Gasteiger charge is 2.17. The van der Waals surface area contributed by atoms with Gasteiger partial charge in [-0.1, -0.05) is 0 Å². The average molecular weight is 262 g/mol. The molecule has 7 heteroatoms. The molecule has 2 rings (SSSR count). The number of carbonyl (C=O) groups is 1. The lowest BCUT2D eigenvalue weighted by atomic mass is 10.1. The lowest BCUT2D eigenvalue weighted by molar-refractivity contribution is -0.383. The molecule has 19 heavy (non-hydrogen) atoms. The minimum absolute atomic E-state index is 0.0418. The number of benzene rings is 1. The van der Waals surface area contributed by atoms with Crippen molar-refractivity contribution in [3.63, 3.8) is 0 Å². The fraction of sp³-hybridized carbons (Fsp3) is 0.167. The number of amides is 1. The molecule has 0 unspecified atom stereocenters. The van der Waals surface area contributed by atoms with E-state index in [0.717, 1.165) is 0 Å². The van der Waals surface area contributed by atoms with Crippen molar-refractivity contribution >= 4 is 28.3 Å². The van der Waals surface area contributed by atoms with Crippen LogP contribution < -0.4 is 10.9 Å². The molecule has 0 aliphatic heterocycles. The summed E-state index contributed by atoms with van der Waals surface area (Å²) in [5, 5.41) is 13.6. The standard InChI is InChI=1S/C12H10N2O5/c1-6-3-8-5-9(13-7(2)15)12(16)19-11(8)10(4-6)14(17)18/h3-5H,1-2H3,(H,13,15). The number of hydrogen-bond acceptors (Lipinski definition) is 5. The second-order valence-electron chi connectivity index (χ2n) is 4.09. The van der Waals surface area contributed by atoms with Crippen LogP contribution in [-0.2, 0) is 4.79 Å². The normalized spacial score (nSPS) is 10.4. The van der Waals surface area contributed by atoms with Gasteiger partial charge in [-0.25, -0.2) is 4.79 Å². The molecule has 0 spiro atoms. The first-order chi connectivity index (χ1) is 8.88. The molecule has 7 nitrogen and oxygen atoms in total. The van der Waals surface area contributed by atoms with Gasteiger partial charge in [-0.05, 0) is 24.6 Å². The summed E-state index contributed by atoms with van der Waals surface area (Å²) in [4.78, 5) is 32.9. The van der Waals surface area contributed by atoms with Gasteiger partial charge in [0.2, 0.25) is 11.5 Å². The second kappa shape index (κ2) is 4.52. The van der Waals surface area contributed by atoms with Gasteiger partial charge in [-0.15, -0.1) is 0 Å². The molecule has 0 bridgehead atoms. The summed E-state index contributed by atoms with van der Waals surface area (Å²) in [6, 6.07) is 4.32. The number of hydrogen-bond donors (Lipinski definition) is 1. The molecule has 0 fully saturated rings. The maximum atomic E-state index is 11.6. The van der Waals surface area contributed by atoms with E-state index >= 15 is 0 Å². The van der Waals surface area contributed by atoms with Crippen LogP contribution in [0.15, 0.2) is 27.4 Å². The van der Waals surface area contributed by atoms with E-state index in [1.807, 2.05) is 0 Å². The first-order valence-corrected chi connectivity index (χ1v) is 5.39. The van der Waals surface area contributed by atoms with Gasteiger partial charge in [-0.2, -0.15) is 0 Å². The van der Waals surface area contributed by atoms with Crippen molar-refractivity contribution in [2.24, 2.45) is 0 Å². The van der Waals surface area contributed by atoms with Gasteiger partial charge in [0, 0.05) is 18.4 Å². The van der Waals surface area contributed by atoms with E-state index < -0.39 is 16.5 Å². The molecule has 1 N–H and O–H groups in total. The first-order valence-electron chi connectivity index (χ1n) is 5.39. The lowest BCUT2D eigenvalue weighted by Crippen LogP contribution is -2.14.